The van der Waals surface area contributed by atoms with Gasteiger partial charge < -0.3 is 35.3 Å². The van der Waals surface area contributed by atoms with Crippen molar-refractivity contribution in [3.05, 3.63) is 53.9 Å². The van der Waals surface area contributed by atoms with E-state index in [-0.39, 0.29) is 5.82 Å². The van der Waals surface area contributed by atoms with E-state index in [2.05, 4.69) is 9.97 Å². The molecule has 0 bridgehead atoms. The highest BCUT2D eigenvalue weighted by molar-refractivity contribution is 5.73. The summed E-state index contributed by atoms with van der Waals surface area (Å²) in [6.45, 7) is 0.895. The molecule has 0 aliphatic heterocycles. The third-order valence-electron chi connectivity index (χ3n) is 4.90. The second-order valence-corrected chi connectivity index (χ2v) is 6.71. The summed E-state index contributed by atoms with van der Waals surface area (Å²) in [4.78, 5) is 10.4. The normalized spacial score (nSPS) is 10.5. The molecule has 0 fully saturated rings. The summed E-state index contributed by atoms with van der Waals surface area (Å²) in [7, 11) is 6.46. The molecule has 0 saturated carbocycles. The molecule has 164 valence electrons. The van der Waals surface area contributed by atoms with Crippen LogP contribution in [0.1, 0.15) is 11.1 Å². The topological polar surface area (TPSA) is 118 Å². The van der Waals surface area contributed by atoms with Crippen molar-refractivity contribution >= 4 is 17.3 Å². The van der Waals surface area contributed by atoms with Gasteiger partial charge in [0.15, 0.2) is 11.6 Å². The van der Waals surface area contributed by atoms with Crippen LogP contribution in [0.15, 0.2) is 42.7 Å². The Bertz CT molecular complexity index is 987. The van der Waals surface area contributed by atoms with Gasteiger partial charge in [0.05, 0.1) is 28.4 Å². The Kier molecular flexibility index (Phi) is 6.86. The zero-order chi connectivity index (χ0) is 22.4. The Hall–Kier alpha value is -3.88. The number of aromatic nitrogens is 2. The van der Waals surface area contributed by atoms with Crippen molar-refractivity contribution in [1.82, 2.24) is 9.97 Å². The first kappa shape index (κ1) is 21.8. The number of nitrogens with two attached hydrogens (primary N) is 2. The van der Waals surface area contributed by atoms with Crippen molar-refractivity contribution in [2.45, 2.75) is 13.1 Å². The zero-order valence-electron chi connectivity index (χ0n) is 18.1. The molecule has 9 nitrogen and oxygen atoms in total. The van der Waals surface area contributed by atoms with Crippen molar-refractivity contribution in [2.75, 3.05) is 44.8 Å². The van der Waals surface area contributed by atoms with Crippen molar-refractivity contribution in [3.63, 3.8) is 0 Å². The Labute approximate surface area is 181 Å². The van der Waals surface area contributed by atoms with Crippen LogP contribution in [-0.4, -0.2) is 38.4 Å². The van der Waals surface area contributed by atoms with E-state index in [0.717, 1.165) is 11.1 Å². The Morgan fingerprint density at radius 1 is 0.742 bits per heavy atom. The average molecular weight is 425 g/mol. The Balaban J connectivity index is 2.03. The van der Waals surface area contributed by atoms with Crippen LogP contribution in [0.2, 0.25) is 0 Å². The predicted molar refractivity (Wildman–Crippen MR) is 120 cm³/mol. The first-order chi connectivity index (χ1) is 15.0. The standard InChI is InChI=1S/C22H27N5O4/c1-28-16-7-5-14(18(9-16)30-3)11-27(22-20(23)21(24)25-13-26-22)12-15-6-8-17(29-2)10-19(15)31-4/h5-10,13H,11-12,23H2,1-4H3,(H2,24,25,26). The van der Waals surface area contributed by atoms with Gasteiger partial charge in [-0.05, 0) is 24.3 Å². The van der Waals surface area contributed by atoms with E-state index in [1.54, 1.807) is 28.4 Å². The first-order valence-corrected chi connectivity index (χ1v) is 9.53. The van der Waals surface area contributed by atoms with E-state index in [1.165, 1.54) is 6.33 Å². The van der Waals surface area contributed by atoms with Gasteiger partial charge in [0, 0.05) is 36.3 Å². The molecule has 31 heavy (non-hydrogen) atoms. The molecule has 0 unspecified atom stereocenters. The lowest BCUT2D eigenvalue weighted by Gasteiger charge is -2.27. The third-order valence-corrected chi connectivity index (χ3v) is 4.90. The first-order valence-electron chi connectivity index (χ1n) is 9.53. The highest BCUT2D eigenvalue weighted by Crippen LogP contribution is 2.33. The number of ether oxygens (including phenoxy) is 4. The maximum atomic E-state index is 6.23. The summed E-state index contributed by atoms with van der Waals surface area (Å²) in [5.74, 6) is 3.52. The van der Waals surface area contributed by atoms with Gasteiger partial charge >= 0.3 is 0 Å². The minimum absolute atomic E-state index is 0.221. The summed E-state index contributed by atoms with van der Waals surface area (Å²) >= 11 is 0. The lowest BCUT2D eigenvalue weighted by atomic mass is 10.1. The zero-order valence-corrected chi connectivity index (χ0v) is 18.1. The van der Waals surface area contributed by atoms with Gasteiger partial charge in [-0.15, -0.1) is 0 Å². The summed E-state index contributed by atoms with van der Waals surface area (Å²) in [6.07, 6.45) is 1.39. The van der Waals surface area contributed by atoms with Crippen LogP contribution in [0.25, 0.3) is 0 Å². The van der Waals surface area contributed by atoms with E-state index >= 15 is 0 Å². The van der Waals surface area contributed by atoms with E-state index in [4.69, 9.17) is 30.4 Å². The monoisotopic (exact) mass is 425 g/mol. The molecule has 0 aliphatic rings. The molecule has 0 amide bonds. The molecular formula is C22H27N5O4. The Morgan fingerprint density at radius 3 is 1.71 bits per heavy atom. The fourth-order valence-corrected chi connectivity index (χ4v) is 3.23. The highest BCUT2D eigenvalue weighted by atomic mass is 16.5. The number of nitrogens with zero attached hydrogens (tertiary/aromatic N) is 3. The lowest BCUT2D eigenvalue weighted by molar-refractivity contribution is 0.389. The minimum Gasteiger partial charge on any atom is -0.497 e. The van der Waals surface area contributed by atoms with E-state index in [1.807, 2.05) is 41.3 Å². The van der Waals surface area contributed by atoms with E-state index in [9.17, 15) is 0 Å². The average Bonchev–Trinajstić information content (AvgIpc) is 2.80. The smallest absolute Gasteiger partial charge is 0.158 e. The molecule has 0 aliphatic carbocycles. The maximum Gasteiger partial charge on any atom is 0.158 e. The van der Waals surface area contributed by atoms with Crippen molar-refractivity contribution < 1.29 is 18.9 Å². The van der Waals surface area contributed by atoms with Crippen molar-refractivity contribution in [1.29, 1.82) is 0 Å². The van der Waals surface area contributed by atoms with Gasteiger partial charge in [-0.25, -0.2) is 9.97 Å². The SMILES string of the molecule is COc1ccc(CN(Cc2ccc(OC)cc2OC)c2ncnc(N)c2N)c(OC)c1. The summed E-state index contributed by atoms with van der Waals surface area (Å²) in [5.41, 5.74) is 14.3. The number of benzene rings is 2. The number of hydrogen-bond donors (Lipinski definition) is 2. The highest BCUT2D eigenvalue weighted by Gasteiger charge is 2.19. The molecular weight excluding hydrogens is 398 g/mol. The maximum absolute atomic E-state index is 6.23. The molecule has 0 saturated heterocycles. The van der Waals surface area contributed by atoms with Crippen LogP contribution < -0.4 is 35.3 Å². The molecule has 9 heteroatoms. The fraction of sp³-hybridized carbons (Fsp3) is 0.273. The van der Waals surface area contributed by atoms with Gasteiger partial charge in [0.25, 0.3) is 0 Å². The fourth-order valence-electron chi connectivity index (χ4n) is 3.23. The van der Waals surface area contributed by atoms with Gasteiger partial charge in [0.1, 0.15) is 35.0 Å². The summed E-state index contributed by atoms with van der Waals surface area (Å²) in [5, 5.41) is 0. The van der Waals surface area contributed by atoms with Crippen LogP contribution in [-0.2, 0) is 13.1 Å². The summed E-state index contributed by atoms with van der Waals surface area (Å²) in [6, 6.07) is 11.3. The number of anilines is 3. The number of methoxy groups -OCH3 is 4. The van der Waals surface area contributed by atoms with Crippen LogP contribution in [0.4, 0.5) is 17.3 Å². The molecule has 1 heterocycles. The molecule has 1 aromatic heterocycles. The molecule has 0 radical (unpaired) electrons. The number of rotatable bonds is 9. The lowest BCUT2D eigenvalue weighted by Crippen LogP contribution is -2.25. The van der Waals surface area contributed by atoms with E-state index in [0.29, 0.717) is 47.6 Å². The molecule has 3 rings (SSSR count). The Morgan fingerprint density at radius 2 is 1.26 bits per heavy atom. The molecule has 2 aromatic carbocycles. The number of hydrogen-bond acceptors (Lipinski definition) is 9. The molecule has 0 spiro atoms. The third kappa shape index (κ3) is 4.82. The summed E-state index contributed by atoms with van der Waals surface area (Å²) < 4.78 is 21.7. The van der Waals surface area contributed by atoms with E-state index < -0.39 is 0 Å². The molecule has 3 aromatic rings. The second kappa shape index (κ2) is 9.75. The number of nitrogen functional groups attached to an aromatic ring is 2. The van der Waals surface area contributed by atoms with Crippen LogP contribution in [0.5, 0.6) is 23.0 Å². The van der Waals surface area contributed by atoms with Crippen LogP contribution in [0.3, 0.4) is 0 Å². The second-order valence-electron chi connectivity index (χ2n) is 6.71. The van der Waals surface area contributed by atoms with Gasteiger partial charge in [-0.3, -0.25) is 0 Å². The minimum atomic E-state index is 0.221. The van der Waals surface area contributed by atoms with Gasteiger partial charge in [-0.2, -0.15) is 0 Å². The predicted octanol–water partition coefficient (Wildman–Crippen LogP) is 2.88. The molecule has 0 atom stereocenters. The van der Waals surface area contributed by atoms with Crippen LogP contribution in [0, 0.1) is 0 Å². The van der Waals surface area contributed by atoms with Crippen LogP contribution >= 0.6 is 0 Å². The molecule has 4 N–H and O–H groups in total. The van der Waals surface area contributed by atoms with Crippen molar-refractivity contribution in [2.24, 2.45) is 0 Å². The quantitative estimate of drug-likeness (QED) is 0.533. The largest absolute Gasteiger partial charge is 0.497 e. The van der Waals surface area contributed by atoms with Gasteiger partial charge in [0.2, 0.25) is 0 Å². The van der Waals surface area contributed by atoms with Gasteiger partial charge in [-0.1, -0.05) is 0 Å². The van der Waals surface area contributed by atoms with Crippen molar-refractivity contribution in [3.8, 4) is 23.0 Å².